The van der Waals surface area contributed by atoms with E-state index < -0.39 is 23.3 Å². The van der Waals surface area contributed by atoms with Crippen molar-refractivity contribution in [1.29, 1.82) is 0 Å². The Hall–Kier alpha value is -2.52. The van der Waals surface area contributed by atoms with E-state index in [1.54, 1.807) is 13.8 Å². The van der Waals surface area contributed by atoms with Crippen molar-refractivity contribution in [2.24, 2.45) is 5.41 Å². The molecule has 27 heavy (non-hydrogen) atoms. The molecule has 0 spiro atoms. The molecular formula is C18H27N3O6. The van der Waals surface area contributed by atoms with Gasteiger partial charge in [0.05, 0.1) is 6.61 Å². The fraction of sp³-hybridized carbons (Fsp3) is 0.556. The highest BCUT2D eigenvalue weighted by atomic mass is 16.3. The number of aliphatic hydroxyl groups excluding tert-OH is 2. The van der Waals surface area contributed by atoms with Crippen molar-refractivity contribution in [1.82, 2.24) is 15.5 Å². The van der Waals surface area contributed by atoms with Crippen LogP contribution < -0.4 is 10.6 Å². The smallest absolute Gasteiger partial charge is 0.253 e. The van der Waals surface area contributed by atoms with Crippen molar-refractivity contribution in [3.05, 3.63) is 24.4 Å². The van der Waals surface area contributed by atoms with Crippen molar-refractivity contribution in [2.45, 2.75) is 39.2 Å². The Kier molecular flexibility index (Phi) is 8.83. The van der Waals surface area contributed by atoms with Gasteiger partial charge in [-0.15, -0.1) is 0 Å². The first-order chi connectivity index (χ1) is 12.7. The Morgan fingerprint density at radius 2 is 1.81 bits per heavy atom. The zero-order chi connectivity index (χ0) is 20.4. The molecule has 4 N–H and O–H groups in total. The van der Waals surface area contributed by atoms with Crippen molar-refractivity contribution in [3.63, 3.8) is 0 Å². The first kappa shape index (κ1) is 22.5. The van der Waals surface area contributed by atoms with Crippen LogP contribution in [-0.4, -0.2) is 64.5 Å². The minimum Gasteiger partial charge on any atom is -0.396 e. The van der Waals surface area contributed by atoms with E-state index in [4.69, 9.17) is 5.11 Å². The van der Waals surface area contributed by atoms with Crippen molar-refractivity contribution in [3.8, 4) is 0 Å². The van der Waals surface area contributed by atoms with E-state index in [0.29, 0.717) is 25.9 Å². The number of imide groups is 1. The van der Waals surface area contributed by atoms with Gasteiger partial charge in [0, 0.05) is 42.9 Å². The number of carbonyl (C=O) groups excluding carboxylic acids is 4. The Balaban J connectivity index is 2.15. The van der Waals surface area contributed by atoms with Gasteiger partial charge in [-0.2, -0.15) is 0 Å². The van der Waals surface area contributed by atoms with Crippen LogP contribution >= 0.6 is 0 Å². The number of rotatable bonds is 11. The molecule has 9 heteroatoms. The molecule has 0 aliphatic carbocycles. The van der Waals surface area contributed by atoms with Crippen LogP contribution in [0.4, 0.5) is 0 Å². The highest BCUT2D eigenvalue weighted by Crippen LogP contribution is 2.19. The summed E-state index contributed by atoms with van der Waals surface area (Å²) < 4.78 is 0. The second kappa shape index (κ2) is 10.6. The predicted octanol–water partition coefficient (Wildman–Crippen LogP) is -0.793. The summed E-state index contributed by atoms with van der Waals surface area (Å²) in [6.45, 7) is 3.50. The van der Waals surface area contributed by atoms with E-state index in [9.17, 15) is 24.3 Å². The summed E-state index contributed by atoms with van der Waals surface area (Å²) in [5.74, 6) is -1.71. The average molecular weight is 381 g/mol. The molecule has 0 radical (unpaired) electrons. The van der Waals surface area contributed by atoms with Crippen LogP contribution in [0.3, 0.4) is 0 Å². The third-order valence-corrected chi connectivity index (χ3v) is 4.11. The number of carbonyl (C=O) groups is 4. The van der Waals surface area contributed by atoms with Gasteiger partial charge in [-0.3, -0.25) is 24.1 Å². The number of hydrogen-bond donors (Lipinski definition) is 4. The largest absolute Gasteiger partial charge is 0.396 e. The number of hydrogen-bond acceptors (Lipinski definition) is 6. The maximum absolute atomic E-state index is 11.7. The van der Waals surface area contributed by atoms with Crippen molar-refractivity contribution < 1.29 is 29.4 Å². The second-order valence-electron chi connectivity index (χ2n) is 6.90. The highest BCUT2D eigenvalue weighted by Gasteiger charge is 2.32. The van der Waals surface area contributed by atoms with Crippen LogP contribution in [0.5, 0.6) is 0 Å². The van der Waals surface area contributed by atoms with Gasteiger partial charge in [0.2, 0.25) is 5.91 Å². The Morgan fingerprint density at radius 3 is 2.41 bits per heavy atom. The zero-order valence-electron chi connectivity index (χ0n) is 15.6. The molecule has 1 heterocycles. The lowest BCUT2D eigenvalue weighted by atomic mass is 9.87. The molecule has 1 aliphatic heterocycles. The van der Waals surface area contributed by atoms with Gasteiger partial charge >= 0.3 is 0 Å². The third-order valence-electron chi connectivity index (χ3n) is 4.11. The minimum absolute atomic E-state index is 0.298. The summed E-state index contributed by atoms with van der Waals surface area (Å²) in [5, 5.41) is 23.8. The van der Waals surface area contributed by atoms with Gasteiger partial charge < -0.3 is 20.8 Å². The van der Waals surface area contributed by atoms with Crippen LogP contribution in [0.1, 0.15) is 33.1 Å². The maximum Gasteiger partial charge on any atom is 0.253 e. The van der Waals surface area contributed by atoms with Crippen molar-refractivity contribution in [2.75, 3.05) is 19.7 Å². The third kappa shape index (κ3) is 7.32. The summed E-state index contributed by atoms with van der Waals surface area (Å²) in [5.41, 5.74) is -0.986. The summed E-state index contributed by atoms with van der Waals surface area (Å²) in [7, 11) is 0. The molecule has 1 atom stereocenters. The van der Waals surface area contributed by atoms with E-state index in [1.807, 2.05) is 0 Å². The summed E-state index contributed by atoms with van der Waals surface area (Å²) in [6, 6.07) is 0. The van der Waals surface area contributed by atoms with Gasteiger partial charge in [0.15, 0.2) is 0 Å². The van der Waals surface area contributed by atoms with Gasteiger partial charge in [-0.25, -0.2) is 0 Å². The lowest BCUT2D eigenvalue weighted by molar-refractivity contribution is -0.137. The zero-order valence-corrected chi connectivity index (χ0v) is 15.6. The van der Waals surface area contributed by atoms with Crippen LogP contribution in [0.15, 0.2) is 24.4 Å². The first-order valence-electron chi connectivity index (χ1n) is 8.76. The molecule has 0 fully saturated rings. The number of amides is 4. The fourth-order valence-corrected chi connectivity index (χ4v) is 2.21. The quantitative estimate of drug-likeness (QED) is 0.210. The van der Waals surface area contributed by atoms with Crippen LogP contribution in [0.25, 0.3) is 0 Å². The molecule has 4 amide bonds. The normalized spacial score (nSPS) is 15.5. The molecule has 0 aromatic heterocycles. The molecule has 0 bridgehead atoms. The van der Waals surface area contributed by atoms with Gasteiger partial charge in [-0.05, 0) is 19.3 Å². The topological polar surface area (TPSA) is 136 Å². The molecule has 0 saturated heterocycles. The lowest BCUT2D eigenvalue weighted by Crippen LogP contribution is -2.44. The van der Waals surface area contributed by atoms with Crippen LogP contribution in [0, 0.1) is 5.41 Å². The predicted molar refractivity (Wildman–Crippen MR) is 96.9 cm³/mol. The Morgan fingerprint density at radius 1 is 1.19 bits per heavy atom. The highest BCUT2D eigenvalue weighted by molar-refractivity contribution is 6.12. The molecule has 1 rings (SSSR count). The minimum atomic E-state index is -1.40. The summed E-state index contributed by atoms with van der Waals surface area (Å²) in [4.78, 5) is 47.2. The van der Waals surface area contributed by atoms with Crippen LogP contribution in [-0.2, 0) is 19.2 Å². The van der Waals surface area contributed by atoms with E-state index in [1.165, 1.54) is 17.1 Å². The second-order valence-corrected chi connectivity index (χ2v) is 6.90. The summed E-state index contributed by atoms with van der Waals surface area (Å²) >= 11 is 0. The van der Waals surface area contributed by atoms with Gasteiger partial charge in [0.1, 0.15) is 6.10 Å². The molecule has 0 aromatic rings. The first-order valence-corrected chi connectivity index (χ1v) is 8.76. The SMILES string of the molecule is CC(C)(CO)C(O)C(=O)N/C=C\C(=O)NCCCCCN1C(=O)C=CC1=O. The number of unbranched alkanes of at least 4 members (excludes halogenated alkanes) is 2. The van der Waals surface area contributed by atoms with E-state index in [-0.39, 0.29) is 18.4 Å². The fourth-order valence-electron chi connectivity index (χ4n) is 2.21. The van der Waals surface area contributed by atoms with E-state index in [0.717, 1.165) is 18.7 Å². The molecule has 0 aromatic carbocycles. The number of nitrogens with one attached hydrogen (secondary N) is 2. The molecule has 1 aliphatic rings. The molecule has 0 saturated carbocycles. The molecular weight excluding hydrogens is 354 g/mol. The Bertz CT molecular complexity index is 609. The van der Waals surface area contributed by atoms with Crippen LogP contribution in [0.2, 0.25) is 0 Å². The van der Waals surface area contributed by atoms with Gasteiger partial charge in [-0.1, -0.05) is 13.8 Å². The average Bonchev–Trinajstić information content (AvgIpc) is 2.95. The lowest BCUT2D eigenvalue weighted by Gasteiger charge is -2.26. The molecule has 1 unspecified atom stereocenters. The number of aliphatic hydroxyl groups is 2. The molecule has 9 nitrogen and oxygen atoms in total. The maximum atomic E-state index is 11.7. The molecule has 150 valence electrons. The summed E-state index contributed by atoms with van der Waals surface area (Å²) in [6.07, 6.45) is 5.42. The standard InChI is InChI=1S/C18H27N3O6/c1-18(2,12-22)16(26)17(27)20-10-8-13(23)19-9-4-3-5-11-21-14(24)6-7-15(21)25/h6-8,10,16,22,26H,3-5,9,11-12H2,1-2H3,(H,19,23)(H,20,27)/b10-8-. The van der Waals surface area contributed by atoms with Crippen molar-refractivity contribution >= 4 is 23.6 Å². The van der Waals surface area contributed by atoms with Gasteiger partial charge in [0.25, 0.3) is 17.7 Å². The van der Waals surface area contributed by atoms with E-state index >= 15 is 0 Å². The number of nitrogens with zero attached hydrogens (tertiary/aromatic N) is 1. The monoisotopic (exact) mass is 381 g/mol. The Labute approximate surface area is 158 Å². The van der Waals surface area contributed by atoms with E-state index in [2.05, 4.69) is 10.6 Å².